The van der Waals surface area contributed by atoms with E-state index in [1.165, 1.54) is 13.1 Å². The van der Waals surface area contributed by atoms with Crippen LogP contribution in [0.1, 0.15) is 30.7 Å². The smallest absolute Gasteiger partial charge is 0.358 e. The minimum Gasteiger partial charge on any atom is -0.358 e. The molecule has 5 nitrogen and oxygen atoms in total. The Bertz CT molecular complexity index is 1040. The topological polar surface area (TPSA) is 55.1 Å². The van der Waals surface area contributed by atoms with Crippen LogP contribution in [0.5, 0.6) is 0 Å². The van der Waals surface area contributed by atoms with Crippen LogP contribution in [0.3, 0.4) is 0 Å². The van der Waals surface area contributed by atoms with Crippen LogP contribution in [-0.2, 0) is 12.6 Å². The molecule has 0 aliphatic rings. The highest BCUT2D eigenvalue weighted by Crippen LogP contribution is 2.40. The Morgan fingerprint density at radius 2 is 1.86 bits per heavy atom. The molecular weight excluding hydrogens is 400 g/mol. The molecule has 3 aromatic heterocycles. The number of aromatic nitrogens is 4. The number of aryl methyl sites for hydroxylation is 2. The highest BCUT2D eigenvalue weighted by Gasteiger charge is 2.39. The van der Waals surface area contributed by atoms with E-state index in [0.29, 0.717) is 12.0 Å². The molecule has 0 fully saturated rings. The van der Waals surface area contributed by atoms with E-state index in [1.807, 2.05) is 6.92 Å². The fraction of sp³-hybridized carbons (Fsp3) is 0.389. The number of alkyl halides is 6. The van der Waals surface area contributed by atoms with Crippen LogP contribution < -0.4 is 5.32 Å². The van der Waals surface area contributed by atoms with E-state index >= 15 is 0 Å². The van der Waals surface area contributed by atoms with Gasteiger partial charge in [0.2, 0.25) is 0 Å². The Kier molecular flexibility index (Phi) is 5.18. The number of pyridine rings is 1. The molecule has 1 unspecified atom stereocenters. The van der Waals surface area contributed by atoms with Gasteiger partial charge in [0.25, 0.3) is 0 Å². The van der Waals surface area contributed by atoms with Crippen LogP contribution in [0.15, 0.2) is 24.5 Å². The average molecular weight is 417 g/mol. The number of halogens is 6. The largest absolute Gasteiger partial charge is 0.418 e. The lowest BCUT2D eigenvalue weighted by Gasteiger charge is -2.23. The van der Waals surface area contributed by atoms with Gasteiger partial charge in [0.05, 0.1) is 28.7 Å². The minimum atomic E-state index is -4.75. The lowest BCUT2D eigenvalue weighted by molar-refractivity contribution is -0.139. The number of nitrogens with one attached hydrogen (secondary N) is 1. The summed E-state index contributed by atoms with van der Waals surface area (Å²) >= 11 is 0. The van der Waals surface area contributed by atoms with Gasteiger partial charge in [0, 0.05) is 11.8 Å². The van der Waals surface area contributed by atoms with Crippen molar-refractivity contribution in [1.29, 1.82) is 0 Å². The van der Waals surface area contributed by atoms with Gasteiger partial charge >= 0.3 is 12.4 Å². The predicted molar refractivity (Wildman–Crippen MR) is 94.5 cm³/mol. The van der Waals surface area contributed by atoms with Gasteiger partial charge in [0.1, 0.15) is 11.9 Å². The maximum atomic E-state index is 13.5. The van der Waals surface area contributed by atoms with Gasteiger partial charge < -0.3 is 5.32 Å². The number of nitrogens with zero attached hydrogens (tertiary/aromatic N) is 4. The molecule has 3 aromatic rings. The normalized spacial score (nSPS) is 13.7. The highest BCUT2D eigenvalue weighted by molar-refractivity contribution is 5.80. The van der Waals surface area contributed by atoms with Gasteiger partial charge in [-0.05, 0) is 32.4 Å². The molecule has 11 heteroatoms. The average Bonchev–Trinajstić information content (AvgIpc) is 3.03. The maximum absolute atomic E-state index is 13.5. The first-order valence-corrected chi connectivity index (χ1v) is 8.68. The molecular formula is C18H17F6N5. The van der Waals surface area contributed by atoms with Crippen molar-refractivity contribution in [3.05, 3.63) is 41.3 Å². The van der Waals surface area contributed by atoms with Crippen molar-refractivity contribution in [3.63, 3.8) is 0 Å². The molecule has 3 heterocycles. The van der Waals surface area contributed by atoms with Crippen LogP contribution in [0.2, 0.25) is 0 Å². The first-order valence-electron chi connectivity index (χ1n) is 8.68. The van der Waals surface area contributed by atoms with Gasteiger partial charge in [-0.25, -0.2) is 4.98 Å². The van der Waals surface area contributed by atoms with Crippen LogP contribution in [-0.4, -0.2) is 31.8 Å². The van der Waals surface area contributed by atoms with Gasteiger partial charge in [-0.1, -0.05) is 6.92 Å². The third kappa shape index (κ3) is 3.85. The molecule has 1 N–H and O–H groups in total. The van der Waals surface area contributed by atoms with Gasteiger partial charge in [-0.2, -0.15) is 36.0 Å². The molecule has 0 radical (unpaired) electrons. The number of anilines is 1. The summed E-state index contributed by atoms with van der Waals surface area (Å²) in [5, 5.41) is 6.34. The molecule has 3 rings (SSSR count). The number of rotatable bonds is 4. The number of hydrogen-bond acceptors (Lipinski definition) is 4. The zero-order valence-electron chi connectivity index (χ0n) is 15.7. The summed E-state index contributed by atoms with van der Waals surface area (Å²) in [5.41, 5.74) is -0.747. The third-order valence-corrected chi connectivity index (χ3v) is 4.48. The van der Waals surface area contributed by atoms with Crippen molar-refractivity contribution in [2.24, 2.45) is 0 Å². The van der Waals surface area contributed by atoms with E-state index in [1.54, 1.807) is 0 Å². The van der Waals surface area contributed by atoms with Crippen molar-refractivity contribution in [2.45, 2.75) is 45.6 Å². The lowest BCUT2D eigenvalue weighted by Crippen LogP contribution is -2.34. The zero-order chi connectivity index (χ0) is 21.6. The molecule has 0 saturated heterocycles. The van der Waals surface area contributed by atoms with Gasteiger partial charge in [-0.15, -0.1) is 0 Å². The lowest BCUT2D eigenvalue weighted by atomic mass is 10.0. The molecule has 0 amide bonds. The predicted octanol–water partition coefficient (Wildman–Crippen LogP) is 5.04. The molecule has 156 valence electrons. The van der Waals surface area contributed by atoms with E-state index < -0.39 is 29.7 Å². The standard InChI is InChI=1S/C18H17F6N5/c1-4-11-8-26-29-15(11)27-9(2)13(16(29)28-10(3)17(19,20)21)14-12(18(22,23)24)6-5-7-25-14/h5-8,10,28H,4H2,1-3H3. The van der Waals surface area contributed by atoms with E-state index in [9.17, 15) is 26.3 Å². The van der Waals surface area contributed by atoms with Crippen molar-refractivity contribution in [1.82, 2.24) is 19.6 Å². The fourth-order valence-electron chi connectivity index (χ4n) is 2.94. The fourth-order valence-corrected chi connectivity index (χ4v) is 2.94. The van der Waals surface area contributed by atoms with Crippen molar-refractivity contribution >= 4 is 11.5 Å². The number of fused-ring (bicyclic) bond motifs is 1. The molecule has 29 heavy (non-hydrogen) atoms. The van der Waals surface area contributed by atoms with Crippen LogP contribution >= 0.6 is 0 Å². The van der Waals surface area contributed by atoms with E-state index in [-0.39, 0.29) is 22.7 Å². The molecule has 0 saturated carbocycles. The van der Waals surface area contributed by atoms with Crippen molar-refractivity contribution in [2.75, 3.05) is 5.32 Å². The second-order valence-corrected chi connectivity index (χ2v) is 6.48. The number of hydrogen-bond donors (Lipinski definition) is 1. The second kappa shape index (κ2) is 7.20. The van der Waals surface area contributed by atoms with E-state index in [4.69, 9.17) is 0 Å². The third-order valence-electron chi connectivity index (χ3n) is 4.48. The van der Waals surface area contributed by atoms with Crippen LogP contribution in [0, 0.1) is 6.92 Å². The summed E-state index contributed by atoms with van der Waals surface area (Å²) in [4.78, 5) is 8.13. The summed E-state index contributed by atoms with van der Waals surface area (Å²) in [6, 6.07) is -0.107. The Morgan fingerprint density at radius 3 is 2.45 bits per heavy atom. The molecule has 1 atom stereocenters. The molecule has 0 spiro atoms. The monoisotopic (exact) mass is 417 g/mol. The summed E-state index contributed by atoms with van der Waals surface area (Å²) < 4.78 is 81.3. The molecule has 0 aromatic carbocycles. The Hall–Kier alpha value is -2.85. The summed E-state index contributed by atoms with van der Waals surface area (Å²) in [6.45, 7) is 4.12. The zero-order valence-corrected chi connectivity index (χ0v) is 15.7. The van der Waals surface area contributed by atoms with Crippen molar-refractivity contribution in [3.8, 4) is 11.3 Å². The minimum absolute atomic E-state index is 0.105. The highest BCUT2D eigenvalue weighted by atomic mass is 19.4. The molecule has 0 aliphatic heterocycles. The molecule has 0 aliphatic carbocycles. The summed E-state index contributed by atoms with van der Waals surface area (Å²) in [7, 11) is 0. The summed E-state index contributed by atoms with van der Waals surface area (Å²) in [6.07, 6.45) is -6.31. The van der Waals surface area contributed by atoms with E-state index in [0.717, 1.165) is 29.8 Å². The quantitative estimate of drug-likeness (QED) is 0.604. The maximum Gasteiger partial charge on any atom is 0.418 e. The second-order valence-electron chi connectivity index (χ2n) is 6.48. The van der Waals surface area contributed by atoms with Crippen LogP contribution in [0.4, 0.5) is 32.2 Å². The van der Waals surface area contributed by atoms with Gasteiger partial charge in [-0.3, -0.25) is 4.98 Å². The Morgan fingerprint density at radius 1 is 1.17 bits per heavy atom. The first kappa shape index (κ1) is 20.9. The van der Waals surface area contributed by atoms with E-state index in [2.05, 4.69) is 20.4 Å². The first-order chi connectivity index (χ1) is 13.4. The SMILES string of the molecule is CCc1cnn2c(NC(C)C(F)(F)F)c(-c3ncccc3C(F)(F)F)c(C)nc12. The molecule has 0 bridgehead atoms. The van der Waals surface area contributed by atoms with Crippen LogP contribution in [0.25, 0.3) is 16.9 Å². The van der Waals surface area contributed by atoms with Gasteiger partial charge in [0.15, 0.2) is 5.65 Å². The van der Waals surface area contributed by atoms with Crippen molar-refractivity contribution < 1.29 is 26.3 Å². The Balaban J connectivity index is 2.36. The Labute approximate surface area is 161 Å². The summed E-state index contributed by atoms with van der Waals surface area (Å²) in [5.74, 6) is -0.249.